The first-order chi connectivity index (χ1) is 20.4. The van der Waals surface area contributed by atoms with Gasteiger partial charge in [-0.3, -0.25) is 4.79 Å². The van der Waals surface area contributed by atoms with Gasteiger partial charge >= 0.3 is 0 Å². The quantitative estimate of drug-likeness (QED) is 0.178. The number of pyridine rings is 1. The Morgan fingerprint density at radius 2 is 1.23 bits per heavy atom. The minimum atomic E-state index is -0.0685. The topological polar surface area (TPSA) is 92.0 Å². The molecule has 8 heteroatoms. The molecular weight excluding hydrogens is 550 g/mol. The third-order valence-electron chi connectivity index (χ3n) is 7.07. The Balaban J connectivity index is 0.00000221. The van der Waals surface area contributed by atoms with Crippen LogP contribution >= 0.6 is 0 Å². The molecule has 224 valence electrons. The van der Waals surface area contributed by atoms with E-state index in [-0.39, 0.29) is 20.4 Å². The molecule has 0 atom stereocenters. The van der Waals surface area contributed by atoms with Crippen LogP contribution in [0.4, 0.5) is 0 Å². The van der Waals surface area contributed by atoms with Crippen molar-refractivity contribution in [2.75, 3.05) is 0 Å². The molecule has 0 aliphatic rings. The van der Waals surface area contributed by atoms with Gasteiger partial charge in [0.1, 0.15) is 11.5 Å². The summed E-state index contributed by atoms with van der Waals surface area (Å²) in [5, 5.41) is 17.4. The summed E-state index contributed by atoms with van der Waals surface area (Å²) in [6, 6.07) is 30.8. The molecular formula is C36H37N5O3. The first-order valence-corrected chi connectivity index (χ1v) is 13.7. The molecule has 3 heterocycles. The van der Waals surface area contributed by atoms with Crippen LogP contribution in [0.5, 0.6) is 23.3 Å². The van der Waals surface area contributed by atoms with E-state index < -0.39 is 0 Å². The fourth-order valence-electron chi connectivity index (χ4n) is 4.94. The van der Waals surface area contributed by atoms with Crippen molar-refractivity contribution in [3.8, 4) is 23.3 Å². The predicted molar refractivity (Wildman–Crippen MR) is 175 cm³/mol. The molecule has 0 N–H and O–H groups in total. The van der Waals surface area contributed by atoms with Gasteiger partial charge in [-0.25, -0.2) is 0 Å². The molecule has 0 fully saturated rings. The van der Waals surface area contributed by atoms with Crippen LogP contribution in [0.2, 0.25) is 0 Å². The summed E-state index contributed by atoms with van der Waals surface area (Å²) in [6.45, 7) is 6.06. The van der Waals surface area contributed by atoms with Crippen molar-refractivity contribution in [3.05, 3.63) is 141 Å². The monoisotopic (exact) mass is 587 g/mol. The second-order valence-electron chi connectivity index (χ2n) is 10.2. The minimum absolute atomic E-state index is 0. The fourth-order valence-corrected chi connectivity index (χ4v) is 4.94. The minimum Gasteiger partial charge on any atom is -0.437 e. The summed E-state index contributed by atoms with van der Waals surface area (Å²) in [7, 11) is 0. The molecule has 0 saturated carbocycles. The number of nitrogens with zero attached hydrogens (tertiary/aromatic N) is 5. The highest BCUT2D eigenvalue weighted by atomic mass is 16.5. The first kappa shape index (κ1) is 31.6. The number of hydrogen-bond acceptors (Lipinski definition) is 7. The third kappa shape index (κ3) is 6.81. The van der Waals surface area contributed by atoms with E-state index in [2.05, 4.69) is 20.4 Å². The Hall–Kier alpha value is -5.37. The predicted octanol–water partition coefficient (Wildman–Crippen LogP) is 8.00. The zero-order chi connectivity index (χ0) is 29.1. The van der Waals surface area contributed by atoms with Gasteiger partial charge < -0.3 is 14.0 Å². The lowest BCUT2D eigenvalue weighted by Gasteiger charge is -2.20. The lowest BCUT2D eigenvalue weighted by atomic mass is 9.97. The van der Waals surface area contributed by atoms with Crippen LogP contribution in [0.25, 0.3) is 10.9 Å². The molecule has 0 saturated heterocycles. The lowest BCUT2D eigenvalue weighted by molar-refractivity contribution is 0.437. The number of aromatic nitrogens is 5. The number of benzene rings is 3. The fraction of sp³-hybridized carbons (Fsp3) is 0.194. The second-order valence-corrected chi connectivity index (χ2v) is 10.2. The van der Waals surface area contributed by atoms with Gasteiger partial charge in [-0.05, 0) is 49.6 Å². The number of aryl methyl sites for hydroxylation is 3. The van der Waals surface area contributed by atoms with E-state index in [1.165, 1.54) is 0 Å². The lowest BCUT2D eigenvalue weighted by Crippen LogP contribution is -2.26. The molecule has 0 bridgehead atoms. The molecule has 0 spiro atoms. The van der Waals surface area contributed by atoms with E-state index in [1.807, 2.05) is 99.6 Å². The normalized spacial score (nSPS) is 10.5. The van der Waals surface area contributed by atoms with Crippen molar-refractivity contribution in [1.29, 1.82) is 0 Å². The maximum Gasteiger partial charge on any atom is 0.255 e. The SMILES string of the molecule is C.C.Cc1ccc(Oc2cc(Oc3ccc(C)nn3)c3c(C)c(Cc4ccccc4)c(=O)n(Cc4ccccc4)c3c2)nn1. The summed E-state index contributed by atoms with van der Waals surface area (Å²) in [4.78, 5) is 14.3. The molecule has 0 aliphatic heterocycles. The van der Waals surface area contributed by atoms with Crippen LogP contribution in [-0.2, 0) is 13.0 Å². The molecule has 0 amide bonds. The molecule has 0 unspecified atom stereocenters. The average molecular weight is 588 g/mol. The van der Waals surface area contributed by atoms with Crippen LogP contribution < -0.4 is 15.0 Å². The van der Waals surface area contributed by atoms with Crippen molar-refractivity contribution in [3.63, 3.8) is 0 Å². The average Bonchev–Trinajstić information content (AvgIpc) is 3.00. The molecule has 3 aromatic carbocycles. The molecule has 0 aliphatic carbocycles. The van der Waals surface area contributed by atoms with E-state index in [4.69, 9.17) is 9.47 Å². The molecule has 0 radical (unpaired) electrons. The molecule has 8 nitrogen and oxygen atoms in total. The summed E-state index contributed by atoms with van der Waals surface area (Å²) < 4.78 is 14.3. The van der Waals surface area contributed by atoms with Crippen molar-refractivity contribution in [2.24, 2.45) is 0 Å². The maximum atomic E-state index is 14.3. The highest BCUT2D eigenvalue weighted by molar-refractivity contribution is 5.91. The van der Waals surface area contributed by atoms with Gasteiger partial charge in [-0.15, -0.1) is 10.2 Å². The van der Waals surface area contributed by atoms with Gasteiger partial charge in [0, 0.05) is 41.6 Å². The highest BCUT2D eigenvalue weighted by Crippen LogP contribution is 2.38. The third-order valence-corrected chi connectivity index (χ3v) is 7.07. The number of rotatable bonds is 8. The van der Waals surface area contributed by atoms with Gasteiger partial charge in [0.15, 0.2) is 0 Å². The number of hydrogen-bond donors (Lipinski definition) is 0. The Morgan fingerprint density at radius 1 is 0.659 bits per heavy atom. The van der Waals surface area contributed by atoms with E-state index in [9.17, 15) is 4.79 Å². The Labute approximate surface area is 258 Å². The van der Waals surface area contributed by atoms with E-state index >= 15 is 0 Å². The van der Waals surface area contributed by atoms with Gasteiger partial charge in [0.2, 0.25) is 11.8 Å². The van der Waals surface area contributed by atoms with Crippen molar-refractivity contribution in [2.45, 2.75) is 48.6 Å². The molecule has 3 aromatic heterocycles. The van der Waals surface area contributed by atoms with Crippen molar-refractivity contribution in [1.82, 2.24) is 25.0 Å². The van der Waals surface area contributed by atoms with Gasteiger partial charge in [-0.1, -0.05) is 75.5 Å². The van der Waals surface area contributed by atoms with E-state index in [0.29, 0.717) is 47.3 Å². The van der Waals surface area contributed by atoms with E-state index in [1.54, 1.807) is 22.8 Å². The summed E-state index contributed by atoms with van der Waals surface area (Å²) in [5.41, 5.74) is 5.74. The van der Waals surface area contributed by atoms with E-state index in [0.717, 1.165) is 33.5 Å². The Bertz CT molecular complexity index is 1910. The Morgan fingerprint density at radius 3 is 1.80 bits per heavy atom. The number of fused-ring (bicyclic) bond motifs is 1. The Kier molecular flexibility index (Phi) is 9.85. The van der Waals surface area contributed by atoms with Crippen molar-refractivity contribution >= 4 is 10.9 Å². The summed E-state index contributed by atoms with van der Waals surface area (Å²) >= 11 is 0. The first-order valence-electron chi connectivity index (χ1n) is 13.7. The van der Waals surface area contributed by atoms with Gasteiger partial charge in [-0.2, -0.15) is 10.2 Å². The standard InChI is InChI=1S/C34H29N5O3.2CH4/c1-22-14-16-31(37-35-22)41-27-19-29-33(30(20-27)42-32-17-15-23(2)36-38-32)24(3)28(18-25-10-6-4-7-11-25)34(40)39(29)21-26-12-8-5-9-13-26;;/h4-17,19-20H,18,21H2,1-3H3;2*1H4. The maximum absolute atomic E-state index is 14.3. The van der Waals surface area contributed by atoms with Crippen LogP contribution in [0.1, 0.15) is 48.5 Å². The van der Waals surface area contributed by atoms with Gasteiger partial charge in [0.05, 0.1) is 23.4 Å². The number of ether oxygens (including phenoxy) is 2. The summed E-state index contributed by atoms with van der Waals surface area (Å²) in [5.74, 6) is 1.61. The largest absolute Gasteiger partial charge is 0.437 e. The molecule has 44 heavy (non-hydrogen) atoms. The van der Waals surface area contributed by atoms with Crippen LogP contribution in [-0.4, -0.2) is 25.0 Å². The molecule has 6 aromatic rings. The van der Waals surface area contributed by atoms with Crippen molar-refractivity contribution < 1.29 is 9.47 Å². The van der Waals surface area contributed by atoms with Crippen LogP contribution in [0, 0.1) is 20.8 Å². The van der Waals surface area contributed by atoms with Gasteiger partial charge in [0.25, 0.3) is 5.56 Å². The van der Waals surface area contributed by atoms with Crippen LogP contribution in [0.3, 0.4) is 0 Å². The zero-order valence-corrected chi connectivity index (χ0v) is 23.6. The molecule has 6 rings (SSSR count). The smallest absolute Gasteiger partial charge is 0.255 e. The highest BCUT2D eigenvalue weighted by Gasteiger charge is 2.21. The van der Waals surface area contributed by atoms with Crippen LogP contribution in [0.15, 0.2) is 102 Å². The second kappa shape index (κ2) is 13.7. The summed E-state index contributed by atoms with van der Waals surface area (Å²) in [6.07, 6.45) is 0.483. The zero-order valence-electron chi connectivity index (χ0n) is 23.6.